The first-order chi connectivity index (χ1) is 18.9. The molecule has 1 aromatic carbocycles. The van der Waals surface area contributed by atoms with E-state index < -0.39 is 12.5 Å². The second-order valence-corrected chi connectivity index (χ2v) is 11.0. The van der Waals surface area contributed by atoms with Crippen molar-refractivity contribution in [1.29, 1.82) is 0 Å². The first kappa shape index (κ1) is 25.7. The Kier molecular flexibility index (Phi) is 7.19. The third-order valence-corrected chi connectivity index (χ3v) is 8.07. The highest BCUT2D eigenvalue weighted by Crippen LogP contribution is 2.40. The fourth-order valence-electron chi connectivity index (χ4n) is 4.85. The molecule has 6 rings (SSSR count). The van der Waals surface area contributed by atoms with Gasteiger partial charge < -0.3 is 19.7 Å². The summed E-state index contributed by atoms with van der Waals surface area (Å²) < 4.78 is 40.2. The van der Waals surface area contributed by atoms with Crippen molar-refractivity contribution in [2.45, 2.75) is 42.2 Å². The number of hydrogen-bond donors (Lipinski definition) is 1. The van der Waals surface area contributed by atoms with Crippen molar-refractivity contribution in [3.8, 4) is 17.0 Å². The summed E-state index contributed by atoms with van der Waals surface area (Å²) in [5, 5.41) is 12.2. The summed E-state index contributed by atoms with van der Waals surface area (Å²) in [6.45, 7) is -0.155. The SMILES string of the molecule is CN1CCCC1Cn1cc(NC(=O)c2cnn3cccnc23)c(-c2cc(SC3COC3)ccc2OC(F)F)n1. The van der Waals surface area contributed by atoms with Gasteiger partial charge in [-0.3, -0.25) is 9.48 Å². The summed E-state index contributed by atoms with van der Waals surface area (Å²) in [4.78, 5) is 20.8. The predicted molar refractivity (Wildman–Crippen MR) is 141 cm³/mol. The smallest absolute Gasteiger partial charge is 0.387 e. The second-order valence-electron chi connectivity index (χ2n) is 9.60. The number of hydrogen-bond acceptors (Lipinski definition) is 8. The number of nitrogens with zero attached hydrogens (tertiary/aromatic N) is 6. The zero-order chi connectivity index (χ0) is 26.9. The minimum absolute atomic E-state index is 0.0180. The fraction of sp³-hybridized carbons (Fsp3) is 0.385. The van der Waals surface area contributed by atoms with Crippen LogP contribution in [0.15, 0.2) is 53.9 Å². The van der Waals surface area contributed by atoms with E-state index >= 15 is 0 Å². The highest BCUT2D eigenvalue weighted by Gasteiger charge is 2.26. The van der Waals surface area contributed by atoms with E-state index in [0.29, 0.717) is 42.4 Å². The van der Waals surface area contributed by atoms with E-state index in [4.69, 9.17) is 14.6 Å². The van der Waals surface area contributed by atoms with Crippen LogP contribution >= 0.6 is 11.8 Å². The van der Waals surface area contributed by atoms with E-state index in [1.807, 2.05) is 0 Å². The largest absolute Gasteiger partial charge is 0.434 e. The van der Waals surface area contributed by atoms with Gasteiger partial charge in [0.2, 0.25) is 0 Å². The molecule has 1 amide bonds. The van der Waals surface area contributed by atoms with Gasteiger partial charge in [-0.15, -0.1) is 11.8 Å². The molecule has 1 unspecified atom stereocenters. The normalized spacial score (nSPS) is 18.1. The van der Waals surface area contributed by atoms with Crippen LogP contribution in [0.5, 0.6) is 5.75 Å². The number of thioether (sulfide) groups is 1. The molecule has 3 aromatic heterocycles. The van der Waals surface area contributed by atoms with Crippen molar-refractivity contribution in [1.82, 2.24) is 29.3 Å². The number of anilines is 1. The van der Waals surface area contributed by atoms with Gasteiger partial charge in [0.15, 0.2) is 5.65 Å². The summed E-state index contributed by atoms with van der Waals surface area (Å²) in [6.07, 6.45) is 8.58. The number of benzene rings is 1. The van der Waals surface area contributed by atoms with E-state index in [0.717, 1.165) is 24.3 Å². The van der Waals surface area contributed by atoms with Crippen molar-refractivity contribution in [3.63, 3.8) is 0 Å². The number of amides is 1. The van der Waals surface area contributed by atoms with Crippen molar-refractivity contribution in [2.75, 3.05) is 32.1 Å². The van der Waals surface area contributed by atoms with Crippen molar-refractivity contribution in [2.24, 2.45) is 0 Å². The molecule has 0 saturated carbocycles. The van der Waals surface area contributed by atoms with Crippen LogP contribution in [0.1, 0.15) is 23.2 Å². The highest BCUT2D eigenvalue weighted by atomic mass is 32.2. The van der Waals surface area contributed by atoms with E-state index in [9.17, 15) is 13.6 Å². The molecule has 0 spiro atoms. The lowest BCUT2D eigenvalue weighted by molar-refractivity contribution is -0.0494. The van der Waals surface area contributed by atoms with Crippen LogP contribution in [0.2, 0.25) is 0 Å². The van der Waals surface area contributed by atoms with Gasteiger partial charge in [0.05, 0.1) is 36.9 Å². The molecule has 4 aromatic rings. The van der Waals surface area contributed by atoms with Gasteiger partial charge in [-0.05, 0) is 50.7 Å². The molecule has 204 valence electrons. The maximum absolute atomic E-state index is 13.4. The Bertz CT molecular complexity index is 1490. The Hall–Kier alpha value is -3.55. The number of ether oxygens (including phenoxy) is 2. The molecule has 13 heteroatoms. The van der Waals surface area contributed by atoms with Crippen molar-refractivity contribution >= 4 is 29.0 Å². The standard InChI is InChI=1S/C26H27F2N7O3S/c1-33-8-2-4-16(33)12-34-13-21(31-25(36)20-11-30-35-9-3-7-29-24(20)35)23(32-34)19-10-17(39-18-14-37-15-18)5-6-22(19)38-26(27)28/h3,5-7,9-11,13,16,18,26H,2,4,8,12,14-15H2,1H3,(H,31,36). The van der Waals surface area contributed by atoms with Crippen LogP contribution in [-0.4, -0.2) is 79.9 Å². The Morgan fingerprint density at radius 1 is 1.33 bits per heavy atom. The lowest BCUT2D eigenvalue weighted by atomic mass is 10.1. The number of aromatic nitrogens is 5. The van der Waals surface area contributed by atoms with Crippen LogP contribution in [0.3, 0.4) is 0 Å². The van der Waals surface area contributed by atoms with E-state index in [1.54, 1.807) is 53.2 Å². The molecule has 5 heterocycles. The molecule has 0 aliphatic carbocycles. The molecular weight excluding hydrogens is 528 g/mol. The zero-order valence-electron chi connectivity index (χ0n) is 21.2. The molecule has 2 aliphatic rings. The minimum atomic E-state index is -3.01. The highest BCUT2D eigenvalue weighted by molar-refractivity contribution is 8.00. The predicted octanol–water partition coefficient (Wildman–Crippen LogP) is 4.03. The average Bonchev–Trinajstić information content (AvgIpc) is 3.61. The Morgan fingerprint density at radius 2 is 2.21 bits per heavy atom. The van der Waals surface area contributed by atoms with Gasteiger partial charge >= 0.3 is 6.61 Å². The first-order valence-electron chi connectivity index (χ1n) is 12.7. The zero-order valence-corrected chi connectivity index (χ0v) is 22.0. The number of fused-ring (bicyclic) bond motifs is 1. The summed E-state index contributed by atoms with van der Waals surface area (Å²) in [6, 6.07) is 7.05. The molecule has 39 heavy (non-hydrogen) atoms. The van der Waals surface area contributed by atoms with Crippen LogP contribution in [0.25, 0.3) is 16.9 Å². The van der Waals surface area contributed by atoms with Crippen LogP contribution in [0, 0.1) is 0 Å². The summed E-state index contributed by atoms with van der Waals surface area (Å²) in [5.74, 6) is -0.452. The summed E-state index contributed by atoms with van der Waals surface area (Å²) in [5.41, 5.74) is 1.77. The Balaban J connectivity index is 1.39. The van der Waals surface area contributed by atoms with Gasteiger partial charge in [-0.1, -0.05) is 0 Å². The van der Waals surface area contributed by atoms with E-state index in [1.165, 1.54) is 16.8 Å². The van der Waals surface area contributed by atoms with Gasteiger partial charge in [0.25, 0.3) is 5.91 Å². The average molecular weight is 556 g/mol. The number of carbonyl (C=O) groups is 1. The van der Waals surface area contributed by atoms with Crippen molar-refractivity contribution in [3.05, 3.63) is 54.6 Å². The number of carbonyl (C=O) groups excluding carboxylic acids is 1. The lowest BCUT2D eigenvalue weighted by Crippen LogP contribution is -2.30. The van der Waals surface area contributed by atoms with Crippen LogP contribution in [0.4, 0.5) is 14.5 Å². The van der Waals surface area contributed by atoms with Gasteiger partial charge in [-0.25, -0.2) is 9.50 Å². The fourth-order valence-corrected chi connectivity index (χ4v) is 5.89. The second kappa shape index (κ2) is 10.9. The molecule has 1 atom stereocenters. The first-order valence-corrected chi connectivity index (χ1v) is 13.5. The quantitative estimate of drug-likeness (QED) is 0.331. The van der Waals surface area contributed by atoms with Crippen molar-refractivity contribution < 1.29 is 23.0 Å². The van der Waals surface area contributed by atoms with E-state index in [-0.39, 0.29) is 22.6 Å². The number of rotatable bonds is 9. The summed E-state index contributed by atoms with van der Waals surface area (Å²) in [7, 11) is 2.07. The molecule has 2 fully saturated rings. The monoisotopic (exact) mass is 555 g/mol. The molecule has 1 N–H and O–H groups in total. The molecule has 2 aliphatic heterocycles. The van der Waals surface area contributed by atoms with Crippen LogP contribution in [-0.2, 0) is 11.3 Å². The van der Waals surface area contributed by atoms with E-state index in [2.05, 4.69) is 27.3 Å². The molecule has 0 bridgehead atoms. The molecular formula is C26H27F2N7O3S. The van der Waals surface area contributed by atoms with Gasteiger partial charge in [0, 0.05) is 35.1 Å². The van der Waals surface area contributed by atoms with Gasteiger partial charge in [-0.2, -0.15) is 19.0 Å². The minimum Gasteiger partial charge on any atom is -0.434 e. The Morgan fingerprint density at radius 3 is 2.95 bits per heavy atom. The number of likely N-dealkylation sites (tertiary alicyclic amines) is 1. The molecule has 10 nitrogen and oxygen atoms in total. The molecule has 2 saturated heterocycles. The number of halogens is 2. The van der Waals surface area contributed by atoms with Gasteiger partial charge in [0.1, 0.15) is 17.0 Å². The third kappa shape index (κ3) is 5.47. The Labute approximate surface area is 227 Å². The third-order valence-electron chi connectivity index (χ3n) is 6.94. The summed E-state index contributed by atoms with van der Waals surface area (Å²) >= 11 is 1.60. The lowest BCUT2D eigenvalue weighted by Gasteiger charge is -2.25. The number of alkyl halides is 2. The number of likely N-dealkylation sites (N-methyl/N-ethyl adjacent to an activating group) is 1. The maximum Gasteiger partial charge on any atom is 0.387 e. The van der Waals surface area contributed by atoms with Crippen LogP contribution < -0.4 is 10.1 Å². The molecule has 0 radical (unpaired) electrons. The topological polar surface area (TPSA) is 98.8 Å². The number of nitrogens with one attached hydrogen (secondary N) is 1. The maximum atomic E-state index is 13.4.